The normalized spacial score (nSPS) is 10.8. The molecule has 0 rings (SSSR count). The zero-order valence-corrected chi connectivity index (χ0v) is 8.07. The maximum Gasteiger partial charge on any atom is 0.314 e. The van der Waals surface area contributed by atoms with E-state index in [2.05, 4.69) is 10.6 Å². The Kier molecular flexibility index (Phi) is 4.65. The SMILES string of the molecule is CNC(=O)NCCCS(C)(=O)=O. The van der Waals surface area contributed by atoms with Crippen LogP contribution in [-0.4, -0.2) is 40.0 Å². The highest BCUT2D eigenvalue weighted by molar-refractivity contribution is 7.90. The summed E-state index contributed by atoms with van der Waals surface area (Å²) in [5.41, 5.74) is 0. The zero-order chi connectivity index (χ0) is 9.61. The van der Waals surface area contributed by atoms with Crippen LogP contribution in [0.2, 0.25) is 0 Å². The van der Waals surface area contributed by atoms with Crippen LogP contribution in [0.5, 0.6) is 0 Å². The lowest BCUT2D eigenvalue weighted by atomic mass is 10.5. The molecule has 2 amide bonds. The molecule has 12 heavy (non-hydrogen) atoms. The minimum Gasteiger partial charge on any atom is -0.341 e. The van der Waals surface area contributed by atoms with E-state index in [0.29, 0.717) is 13.0 Å². The number of carbonyl (C=O) groups is 1. The quantitative estimate of drug-likeness (QED) is 0.584. The molecule has 6 heteroatoms. The topological polar surface area (TPSA) is 75.3 Å². The van der Waals surface area contributed by atoms with Crippen LogP contribution in [0.3, 0.4) is 0 Å². The summed E-state index contributed by atoms with van der Waals surface area (Å²) in [7, 11) is -1.39. The molecular weight excluding hydrogens is 180 g/mol. The van der Waals surface area contributed by atoms with E-state index in [9.17, 15) is 13.2 Å². The Balaban J connectivity index is 3.40. The number of rotatable bonds is 4. The fraction of sp³-hybridized carbons (Fsp3) is 0.833. The molecule has 0 atom stereocenters. The van der Waals surface area contributed by atoms with E-state index in [4.69, 9.17) is 0 Å². The molecule has 0 radical (unpaired) electrons. The maximum atomic E-state index is 10.6. The first-order chi connectivity index (χ1) is 5.45. The summed E-state index contributed by atoms with van der Waals surface area (Å²) < 4.78 is 21.2. The average molecular weight is 194 g/mol. The lowest BCUT2D eigenvalue weighted by Gasteiger charge is -2.02. The fourth-order valence-corrected chi connectivity index (χ4v) is 1.29. The highest BCUT2D eigenvalue weighted by atomic mass is 32.2. The number of hydrogen-bond donors (Lipinski definition) is 2. The molecule has 0 saturated carbocycles. The molecule has 0 aliphatic heterocycles. The number of hydrogen-bond acceptors (Lipinski definition) is 3. The third-order valence-electron chi connectivity index (χ3n) is 1.20. The molecule has 0 aliphatic rings. The van der Waals surface area contributed by atoms with E-state index in [1.54, 1.807) is 0 Å². The monoisotopic (exact) mass is 194 g/mol. The van der Waals surface area contributed by atoms with Gasteiger partial charge < -0.3 is 10.6 Å². The van der Waals surface area contributed by atoms with Crippen molar-refractivity contribution in [3.8, 4) is 0 Å². The van der Waals surface area contributed by atoms with Crippen molar-refractivity contribution in [2.45, 2.75) is 6.42 Å². The van der Waals surface area contributed by atoms with Crippen LogP contribution in [0.4, 0.5) is 4.79 Å². The Labute approximate surface area is 72.5 Å². The highest BCUT2D eigenvalue weighted by Gasteiger charge is 2.01. The van der Waals surface area contributed by atoms with Gasteiger partial charge in [0.15, 0.2) is 0 Å². The van der Waals surface area contributed by atoms with E-state index in [1.165, 1.54) is 13.3 Å². The van der Waals surface area contributed by atoms with Gasteiger partial charge in [0.2, 0.25) is 0 Å². The maximum absolute atomic E-state index is 10.6. The fourth-order valence-electron chi connectivity index (χ4n) is 0.625. The Bertz CT molecular complexity index is 235. The number of nitrogens with one attached hydrogen (secondary N) is 2. The Hall–Kier alpha value is -0.780. The van der Waals surface area contributed by atoms with Crippen LogP contribution in [0.25, 0.3) is 0 Å². The van der Waals surface area contributed by atoms with Crippen LogP contribution in [0, 0.1) is 0 Å². The van der Waals surface area contributed by atoms with Crippen molar-refractivity contribution in [3.05, 3.63) is 0 Å². The number of carbonyl (C=O) groups excluding carboxylic acids is 1. The molecule has 5 nitrogen and oxygen atoms in total. The van der Waals surface area contributed by atoms with Crippen molar-refractivity contribution in [1.82, 2.24) is 10.6 Å². The van der Waals surface area contributed by atoms with Crippen molar-refractivity contribution in [2.24, 2.45) is 0 Å². The molecular formula is C6H14N2O3S. The molecule has 0 bridgehead atoms. The van der Waals surface area contributed by atoms with E-state index >= 15 is 0 Å². The third kappa shape index (κ3) is 7.33. The van der Waals surface area contributed by atoms with Crippen molar-refractivity contribution < 1.29 is 13.2 Å². The third-order valence-corrected chi connectivity index (χ3v) is 2.23. The zero-order valence-electron chi connectivity index (χ0n) is 7.25. The van der Waals surface area contributed by atoms with E-state index in [0.717, 1.165) is 0 Å². The van der Waals surface area contributed by atoms with Crippen LogP contribution >= 0.6 is 0 Å². The number of amides is 2. The van der Waals surface area contributed by atoms with Crippen LogP contribution < -0.4 is 10.6 Å². The summed E-state index contributed by atoms with van der Waals surface area (Å²) in [6.45, 7) is 0.382. The summed E-state index contributed by atoms with van der Waals surface area (Å²) in [5.74, 6) is 0.108. The second kappa shape index (κ2) is 4.97. The largest absolute Gasteiger partial charge is 0.341 e. The van der Waals surface area contributed by atoms with Gasteiger partial charge in [-0.25, -0.2) is 13.2 Å². The molecule has 72 valence electrons. The predicted octanol–water partition coefficient (Wildman–Crippen LogP) is -0.650. The minimum absolute atomic E-state index is 0.108. The van der Waals surface area contributed by atoms with Crippen molar-refractivity contribution in [2.75, 3.05) is 25.6 Å². The van der Waals surface area contributed by atoms with Gasteiger partial charge in [0.05, 0.1) is 5.75 Å². The van der Waals surface area contributed by atoms with E-state index < -0.39 is 9.84 Å². The lowest BCUT2D eigenvalue weighted by Crippen LogP contribution is -2.33. The second-order valence-corrected chi connectivity index (χ2v) is 4.75. The second-order valence-electron chi connectivity index (χ2n) is 2.49. The molecule has 0 saturated heterocycles. The van der Waals surface area contributed by atoms with Gasteiger partial charge in [-0.1, -0.05) is 0 Å². The van der Waals surface area contributed by atoms with Gasteiger partial charge in [-0.2, -0.15) is 0 Å². The van der Waals surface area contributed by atoms with E-state index in [1.807, 2.05) is 0 Å². The van der Waals surface area contributed by atoms with Gasteiger partial charge in [-0.15, -0.1) is 0 Å². The lowest BCUT2D eigenvalue weighted by molar-refractivity contribution is 0.243. The standard InChI is InChI=1S/C6H14N2O3S/c1-7-6(9)8-4-3-5-12(2,10)11/h3-5H2,1-2H3,(H2,7,8,9). The van der Waals surface area contributed by atoms with Crippen molar-refractivity contribution >= 4 is 15.9 Å². The van der Waals surface area contributed by atoms with Gasteiger partial charge in [-0.05, 0) is 6.42 Å². The summed E-state index contributed by atoms with van der Waals surface area (Å²) in [6.07, 6.45) is 1.62. The summed E-state index contributed by atoms with van der Waals surface area (Å²) in [6, 6.07) is -0.288. The molecule has 0 aromatic carbocycles. The van der Waals surface area contributed by atoms with Crippen molar-refractivity contribution in [1.29, 1.82) is 0 Å². The molecule has 2 N–H and O–H groups in total. The van der Waals surface area contributed by atoms with E-state index in [-0.39, 0.29) is 11.8 Å². The Morgan fingerprint density at radius 2 is 2.00 bits per heavy atom. The highest BCUT2D eigenvalue weighted by Crippen LogP contribution is 1.86. The molecule has 0 spiro atoms. The first-order valence-corrected chi connectivity index (χ1v) is 5.65. The molecule has 0 aliphatic carbocycles. The van der Waals surface area contributed by atoms with Crippen LogP contribution in [0.15, 0.2) is 0 Å². The van der Waals surface area contributed by atoms with Crippen molar-refractivity contribution in [3.63, 3.8) is 0 Å². The minimum atomic E-state index is -2.90. The van der Waals surface area contributed by atoms with Gasteiger partial charge >= 0.3 is 6.03 Å². The first kappa shape index (κ1) is 11.2. The Morgan fingerprint density at radius 1 is 1.42 bits per heavy atom. The van der Waals surface area contributed by atoms with Gasteiger partial charge in [0.25, 0.3) is 0 Å². The molecule has 0 heterocycles. The van der Waals surface area contributed by atoms with Gasteiger partial charge in [-0.3, -0.25) is 0 Å². The number of urea groups is 1. The summed E-state index contributed by atoms with van der Waals surface area (Å²) >= 11 is 0. The van der Waals surface area contributed by atoms with Crippen LogP contribution in [0.1, 0.15) is 6.42 Å². The Morgan fingerprint density at radius 3 is 2.42 bits per heavy atom. The number of sulfone groups is 1. The molecule has 0 aromatic rings. The summed E-state index contributed by atoms with van der Waals surface area (Å²) in [5, 5.41) is 4.85. The molecule has 0 aromatic heterocycles. The molecule has 0 unspecified atom stereocenters. The average Bonchev–Trinajstić information content (AvgIpc) is 1.96. The van der Waals surface area contributed by atoms with Crippen LogP contribution in [-0.2, 0) is 9.84 Å². The van der Waals surface area contributed by atoms with Gasteiger partial charge in [0.1, 0.15) is 9.84 Å². The summed E-state index contributed by atoms with van der Waals surface area (Å²) in [4.78, 5) is 10.6. The molecule has 0 fully saturated rings. The smallest absolute Gasteiger partial charge is 0.314 e. The first-order valence-electron chi connectivity index (χ1n) is 3.59. The predicted molar refractivity (Wildman–Crippen MR) is 46.8 cm³/mol. The van der Waals surface area contributed by atoms with Gasteiger partial charge in [0, 0.05) is 19.8 Å².